The van der Waals surface area contributed by atoms with Gasteiger partial charge in [-0.2, -0.15) is 0 Å². The molecule has 0 bridgehead atoms. The highest BCUT2D eigenvalue weighted by Crippen LogP contribution is 2.28. The normalized spacial score (nSPS) is 13.5. The molecule has 1 N–H and O–H groups in total. The topological polar surface area (TPSA) is 74.7 Å². The van der Waals surface area contributed by atoms with Crippen LogP contribution in [0.5, 0.6) is 0 Å². The van der Waals surface area contributed by atoms with Crippen molar-refractivity contribution in [1.29, 1.82) is 0 Å². The second-order valence-corrected chi connectivity index (χ2v) is 4.64. The van der Waals surface area contributed by atoms with Gasteiger partial charge in [0.05, 0.1) is 6.42 Å². The van der Waals surface area contributed by atoms with Gasteiger partial charge in [0.15, 0.2) is 5.78 Å². The molecule has 0 aliphatic carbocycles. The maximum absolute atomic E-state index is 11.9. The highest BCUT2D eigenvalue weighted by Gasteiger charge is 2.24. The van der Waals surface area contributed by atoms with E-state index in [1.165, 1.54) is 0 Å². The van der Waals surface area contributed by atoms with Crippen LogP contribution in [0.1, 0.15) is 35.2 Å². The number of carbonyl (C=O) groups excluding carboxylic acids is 2. The van der Waals surface area contributed by atoms with Crippen LogP contribution in [0.3, 0.4) is 0 Å². The summed E-state index contributed by atoms with van der Waals surface area (Å²) in [6.45, 7) is 0. The number of ketones is 1. The average Bonchev–Trinajstić information content (AvgIpc) is 2.64. The molecule has 0 saturated carbocycles. The van der Waals surface area contributed by atoms with Gasteiger partial charge in [0.2, 0.25) is 5.91 Å². The Morgan fingerprint density at radius 2 is 2.05 bits per heavy atom. The van der Waals surface area contributed by atoms with Gasteiger partial charge in [0.25, 0.3) is 0 Å². The van der Waals surface area contributed by atoms with Gasteiger partial charge in [-0.15, -0.1) is 0 Å². The molecule has 0 spiro atoms. The number of anilines is 1. The molecule has 2 rings (SSSR count). The van der Waals surface area contributed by atoms with Gasteiger partial charge in [-0.05, 0) is 30.2 Å². The summed E-state index contributed by atoms with van der Waals surface area (Å²) in [5, 5.41) is 8.53. The molecule has 1 amide bonds. The first-order valence-electron chi connectivity index (χ1n) is 6.13. The predicted octanol–water partition coefficient (Wildman–Crippen LogP) is 1.64. The fourth-order valence-corrected chi connectivity index (χ4v) is 2.19. The number of carbonyl (C=O) groups is 3. The van der Waals surface area contributed by atoms with E-state index in [-0.39, 0.29) is 24.5 Å². The molecule has 1 aromatic rings. The van der Waals surface area contributed by atoms with Gasteiger partial charge < -0.3 is 10.0 Å². The molecule has 0 unspecified atom stereocenters. The molecule has 0 fully saturated rings. The fraction of sp³-hybridized carbons (Fsp3) is 0.357. The number of carboxylic acid groups (broad SMARTS) is 1. The third kappa shape index (κ3) is 2.81. The molecule has 0 radical (unpaired) electrons. The molecular formula is C14H15NO4. The highest BCUT2D eigenvalue weighted by atomic mass is 16.4. The van der Waals surface area contributed by atoms with Gasteiger partial charge in [-0.1, -0.05) is 0 Å². The molecule has 5 heteroatoms. The van der Waals surface area contributed by atoms with Crippen LogP contribution in [0.15, 0.2) is 18.2 Å². The van der Waals surface area contributed by atoms with Crippen LogP contribution in [-0.2, 0) is 16.0 Å². The van der Waals surface area contributed by atoms with Crippen molar-refractivity contribution < 1.29 is 19.5 Å². The zero-order valence-corrected chi connectivity index (χ0v) is 10.7. The minimum Gasteiger partial charge on any atom is -0.481 e. The number of amides is 1. The minimum absolute atomic E-state index is 0.00208. The first-order valence-corrected chi connectivity index (χ1v) is 6.13. The molecule has 1 aliphatic heterocycles. The minimum atomic E-state index is -0.894. The fourth-order valence-electron chi connectivity index (χ4n) is 2.19. The van der Waals surface area contributed by atoms with Crippen molar-refractivity contribution in [3.8, 4) is 0 Å². The molecule has 0 atom stereocenters. The molecule has 1 heterocycles. The van der Waals surface area contributed by atoms with E-state index in [4.69, 9.17) is 5.11 Å². The van der Waals surface area contributed by atoms with Crippen LogP contribution in [0.2, 0.25) is 0 Å². The SMILES string of the molecule is CN1C(=O)Cc2cc(C(=O)CCCC(=O)O)ccc21. The second-order valence-electron chi connectivity index (χ2n) is 4.64. The number of rotatable bonds is 5. The Morgan fingerprint density at radius 3 is 2.74 bits per heavy atom. The van der Waals surface area contributed by atoms with Gasteiger partial charge in [0, 0.05) is 31.1 Å². The summed E-state index contributed by atoms with van der Waals surface area (Å²) in [7, 11) is 1.71. The summed E-state index contributed by atoms with van der Waals surface area (Å²) >= 11 is 0. The van der Waals surface area contributed by atoms with Gasteiger partial charge >= 0.3 is 5.97 Å². The third-order valence-electron chi connectivity index (χ3n) is 3.27. The lowest BCUT2D eigenvalue weighted by atomic mass is 10.0. The van der Waals surface area contributed by atoms with Gasteiger partial charge in [-0.25, -0.2) is 0 Å². The predicted molar refractivity (Wildman–Crippen MR) is 69.4 cm³/mol. The standard InChI is InChI=1S/C14H15NO4/c1-15-11-6-5-9(7-10(11)8-13(15)17)12(16)3-2-4-14(18)19/h5-7H,2-4,8H2,1H3,(H,18,19). The number of fused-ring (bicyclic) bond motifs is 1. The number of carboxylic acids is 1. The zero-order valence-electron chi connectivity index (χ0n) is 10.7. The molecule has 100 valence electrons. The van der Waals surface area contributed by atoms with Crippen LogP contribution < -0.4 is 4.90 Å². The van der Waals surface area contributed by atoms with Gasteiger partial charge in [0.1, 0.15) is 0 Å². The molecule has 0 saturated heterocycles. The lowest BCUT2D eigenvalue weighted by Crippen LogP contribution is -2.20. The summed E-state index contributed by atoms with van der Waals surface area (Å²) in [4.78, 5) is 35.4. The van der Waals surface area contributed by atoms with E-state index in [9.17, 15) is 14.4 Å². The lowest BCUT2D eigenvalue weighted by Gasteiger charge is -2.10. The van der Waals surface area contributed by atoms with Crippen LogP contribution in [0, 0.1) is 0 Å². The first kappa shape index (κ1) is 13.3. The van der Waals surface area contributed by atoms with E-state index in [0.717, 1.165) is 11.3 Å². The van der Waals surface area contributed by atoms with Crippen molar-refractivity contribution >= 4 is 23.3 Å². The summed E-state index contributed by atoms with van der Waals surface area (Å²) < 4.78 is 0. The monoisotopic (exact) mass is 261 g/mol. The largest absolute Gasteiger partial charge is 0.481 e. The average molecular weight is 261 g/mol. The number of aliphatic carboxylic acids is 1. The maximum Gasteiger partial charge on any atom is 0.303 e. The van der Waals surface area contributed by atoms with E-state index in [1.807, 2.05) is 0 Å². The zero-order chi connectivity index (χ0) is 14.0. The van der Waals surface area contributed by atoms with E-state index >= 15 is 0 Å². The van der Waals surface area contributed by atoms with Gasteiger partial charge in [-0.3, -0.25) is 14.4 Å². The number of benzene rings is 1. The Hall–Kier alpha value is -2.17. The Labute approximate surface area is 110 Å². The number of hydrogen-bond acceptors (Lipinski definition) is 3. The molecule has 5 nitrogen and oxygen atoms in total. The van der Waals surface area contributed by atoms with Crippen molar-refractivity contribution in [2.24, 2.45) is 0 Å². The van der Waals surface area contributed by atoms with Crippen molar-refractivity contribution in [1.82, 2.24) is 0 Å². The Balaban J connectivity index is 2.07. The second kappa shape index (κ2) is 5.22. The van der Waals surface area contributed by atoms with E-state index in [1.54, 1.807) is 30.1 Å². The number of likely N-dealkylation sites (N-methyl/N-ethyl adjacent to an activating group) is 1. The quantitative estimate of drug-likeness (QED) is 0.818. The summed E-state index contributed by atoms with van der Waals surface area (Å²) in [5.41, 5.74) is 2.25. The van der Waals surface area contributed by atoms with Crippen molar-refractivity contribution in [2.75, 3.05) is 11.9 Å². The Morgan fingerprint density at radius 1 is 1.32 bits per heavy atom. The molecule has 0 aromatic heterocycles. The first-order chi connectivity index (χ1) is 8.99. The third-order valence-corrected chi connectivity index (χ3v) is 3.27. The van der Waals surface area contributed by atoms with Crippen LogP contribution in [-0.4, -0.2) is 29.8 Å². The van der Waals surface area contributed by atoms with Crippen LogP contribution in [0.4, 0.5) is 5.69 Å². The lowest BCUT2D eigenvalue weighted by molar-refractivity contribution is -0.137. The van der Waals surface area contributed by atoms with Crippen LogP contribution in [0.25, 0.3) is 0 Å². The van der Waals surface area contributed by atoms with Crippen molar-refractivity contribution in [3.63, 3.8) is 0 Å². The molecule has 19 heavy (non-hydrogen) atoms. The number of nitrogens with zero attached hydrogens (tertiary/aromatic N) is 1. The number of hydrogen-bond donors (Lipinski definition) is 1. The molecular weight excluding hydrogens is 246 g/mol. The summed E-state index contributed by atoms with van der Waals surface area (Å²) in [5.74, 6) is -0.953. The van der Waals surface area contributed by atoms with E-state index in [0.29, 0.717) is 18.4 Å². The molecule has 1 aliphatic rings. The van der Waals surface area contributed by atoms with Crippen LogP contribution >= 0.6 is 0 Å². The highest BCUT2D eigenvalue weighted by molar-refractivity contribution is 6.03. The summed E-state index contributed by atoms with van der Waals surface area (Å²) in [6, 6.07) is 5.20. The molecule has 1 aromatic carbocycles. The van der Waals surface area contributed by atoms with E-state index < -0.39 is 5.97 Å². The van der Waals surface area contributed by atoms with E-state index in [2.05, 4.69) is 0 Å². The Kier molecular flexibility index (Phi) is 3.64. The smallest absolute Gasteiger partial charge is 0.303 e. The Bertz CT molecular complexity index is 550. The number of Topliss-reactive ketones (excluding diaryl/α,β-unsaturated/α-hetero) is 1. The van der Waals surface area contributed by atoms with Crippen molar-refractivity contribution in [2.45, 2.75) is 25.7 Å². The summed E-state index contributed by atoms with van der Waals surface area (Å²) in [6.07, 6.45) is 0.874. The maximum atomic E-state index is 11.9. The van der Waals surface area contributed by atoms with Crippen molar-refractivity contribution in [3.05, 3.63) is 29.3 Å².